The van der Waals surface area contributed by atoms with E-state index < -0.39 is 12.3 Å². The highest BCUT2D eigenvalue weighted by molar-refractivity contribution is 6.02. The largest absolute Gasteiger partial charge is 0.573 e. The van der Waals surface area contributed by atoms with Gasteiger partial charge >= 0.3 is 6.36 Å². The van der Waals surface area contributed by atoms with Crippen LogP contribution in [-0.4, -0.2) is 23.6 Å². The average Bonchev–Trinajstić information content (AvgIpc) is 2.86. The summed E-state index contributed by atoms with van der Waals surface area (Å²) in [5, 5.41) is 15.4. The fourth-order valence-electron chi connectivity index (χ4n) is 3.62. The first-order valence-electron chi connectivity index (χ1n) is 11.0. The highest BCUT2D eigenvalue weighted by Crippen LogP contribution is 2.25. The van der Waals surface area contributed by atoms with Gasteiger partial charge in [0.1, 0.15) is 11.5 Å². The summed E-state index contributed by atoms with van der Waals surface area (Å²) in [6.45, 7) is 0.482. The molecular weight excluding hydrogens is 487 g/mol. The van der Waals surface area contributed by atoms with Crippen molar-refractivity contribution in [1.82, 2.24) is 5.43 Å². The molecule has 1 amide bonds. The number of benzene rings is 4. The number of rotatable bonds is 8. The number of carbonyl (C=O) groups is 1. The van der Waals surface area contributed by atoms with Crippen molar-refractivity contribution in [3.05, 3.63) is 101 Å². The number of hydrazone groups is 1. The molecule has 0 unspecified atom stereocenters. The van der Waals surface area contributed by atoms with Crippen LogP contribution < -0.4 is 15.9 Å². The third kappa shape index (κ3) is 6.77. The normalized spacial score (nSPS) is 11.6. The van der Waals surface area contributed by atoms with Gasteiger partial charge in [-0.25, -0.2) is 5.43 Å². The second-order valence-electron chi connectivity index (χ2n) is 8.02. The van der Waals surface area contributed by atoms with Gasteiger partial charge in [-0.3, -0.25) is 4.79 Å². The van der Waals surface area contributed by atoms with Crippen molar-refractivity contribution in [3.63, 3.8) is 0 Å². The Labute approximate surface area is 209 Å². The van der Waals surface area contributed by atoms with Gasteiger partial charge < -0.3 is 20.3 Å². The minimum absolute atomic E-state index is 0.0907. The van der Waals surface area contributed by atoms with E-state index in [-0.39, 0.29) is 36.0 Å². The molecular formula is C27H22F3N3O4. The molecule has 0 fully saturated rings. The van der Waals surface area contributed by atoms with Gasteiger partial charge in [-0.2, -0.15) is 5.10 Å². The molecule has 4 N–H and O–H groups in total. The van der Waals surface area contributed by atoms with E-state index in [4.69, 9.17) is 10.5 Å². The molecule has 190 valence electrons. The minimum atomic E-state index is -4.73. The molecule has 4 rings (SSSR count). The maximum absolute atomic E-state index is 12.3. The van der Waals surface area contributed by atoms with Crippen molar-refractivity contribution in [1.29, 1.82) is 0 Å². The summed E-state index contributed by atoms with van der Waals surface area (Å²) < 4.78 is 46.6. The highest BCUT2D eigenvalue weighted by atomic mass is 19.4. The number of fused-ring (bicyclic) bond motifs is 1. The van der Waals surface area contributed by atoms with Gasteiger partial charge in [0.15, 0.2) is 0 Å². The van der Waals surface area contributed by atoms with E-state index in [0.717, 1.165) is 21.9 Å². The summed E-state index contributed by atoms with van der Waals surface area (Å²) in [5.74, 6) is -0.873. The number of hydrogen-bond acceptors (Lipinski definition) is 6. The molecule has 10 heteroatoms. The van der Waals surface area contributed by atoms with Gasteiger partial charge in [-0.1, -0.05) is 48.5 Å². The number of phenols is 1. The number of ether oxygens (including phenoxy) is 2. The molecule has 0 aliphatic heterocycles. The summed E-state index contributed by atoms with van der Waals surface area (Å²) in [5.41, 5.74) is 10.8. The van der Waals surface area contributed by atoms with Crippen molar-refractivity contribution in [2.45, 2.75) is 19.6 Å². The number of nitrogen functional groups attached to an aromatic ring is 1. The van der Waals surface area contributed by atoms with Crippen LogP contribution in [0.3, 0.4) is 0 Å². The van der Waals surface area contributed by atoms with Gasteiger partial charge in [-0.05, 0) is 52.2 Å². The van der Waals surface area contributed by atoms with Gasteiger partial charge in [-0.15, -0.1) is 13.2 Å². The molecule has 0 saturated carbocycles. The molecule has 4 aromatic rings. The third-order valence-electron chi connectivity index (χ3n) is 5.39. The van der Waals surface area contributed by atoms with Crippen LogP contribution in [0.15, 0.2) is 84.0 Å². The summed E-state index contributed by atoms with van der Waals surface area (Å²) in [6, 6.07) is 21.0. The standard InChI is InChI=1S/C27H22F3N3O4/c28-27(29,30)37-21-10-7-17(8-11-21)15-36-16-20-4-2-5-22-19(3-1-6-23(20)22)14-32-33-26(35)18-9-12-25(34)24(31)13-18/h1-14,34H,15-16,31H2,(H,33,35)/b32-14+. The summed E-state index contributed by atoms with van der Waals surface area (Å²) in [6.07, 6.45) is -3.21. The number of amides is 1. The number of nitrogens with one attached hydrogen (secondary N) is 1. The zero-order chi connectivity index (χ0) is 26.4. The molecule has 37 heavy (non-hydrogen) atoms. The highest BCUT2D eigenvalue weighted by Gasteiger charge is 2.30. The summed E-state index contributed by atoms with van der Waals surface area (Å²) >= 11 is 0. The van der Waals surface area contributed by atoms with Gasteiger partial charge in [0.05, 0.1) is 25.1 Å². The maximum atomic E-state index is 12.3. The minimum Gasteiger partial charge on any atom is -0.506 e. The topological polar surface area (TPSA) is 106 Å². The van der Waals surface area contributed by atoms with Crippen molar-refractivity contribution >= 4 is 28.6 Å². The van der Waals surface area contributed by atoms with E-state index in [2.05, 4.69) is 15.3 Å². The number of nitrogens with two attached hydrogens (primary N) is 1. The predicted octanol–water partition coefficient (Wildman–Crippen LogP) is 5.51. The number of aromatic hydroxyl groups is 1. The summed E-state index contributed by atoms with van der Waals surface area (Å²) in [4.78, 5) is 12.3. The monoisotopic (exact) mass is 509 g/mol. The lowest BCUT2D eigenvalue weighted by molar-refractivity contribution is -0.274. The van der Waals surface area contributed by atoms with Crippen LogP contribution in [0.2, 0.25) is 0 Å². The second-order valence-corrected chi connectivity index (χ2v) is 8.02. The van der Waals surface area contributed by atoms with Gasteiger partial charge in [0, 0.05) is 11.1 Å². The van der Waals surface area contributed by atoms with Crippen LogP contribution in [0.5, 0.6) is 11.5 Å². The Hall–Kier alpha value is -4.57. The molecule has 0 bridgehead atoms. The number of carbonyl (C=O) groups excluding carboxylic acids is 1. The molecule has 0 aromatic heterocycles. The van der Waals surface area contributed by atoms with Gasteiger partial charge in [0.2, 0.25) is 0 Å². The zero-order valence-electron chi connectivity index (χ0n) is 19.3. The van der Waals surface area contributed by atoms with Crippen LogP contribution in [0.1, 0.15) is 27.0 Å². The van der Waals surface area contributed by atoms with Crippen LogP contribution in [0.4, 0.5) is 18.9 Å². The van der Waals surface area contributed by atoms with Crippen molar-refractivity contribution < 1.29 is 32.5 Å². The molecule has 0 aliphatic rings. The average molecular weight is 509 g/mol. The molecule has 4 aromatic carbocycles. The maximum Gasteiger partial charge on any atom is 0.573 e. The number of halogens is 3. The van der Waals surface area contributed by atoms with E-state index in [1.165, 1.54) is 48.7 Å². The molecule has 0 saturated heterocycles. The Bertz CT molecular complexity index is 1440. The van der Waals surface area contributed by atoms with E-state index in [0.29, 0.717) is 5.56 Å². The first-order valence-corrected chi connectivity index (χ1v) is 11.0. The summed E-state index contributed by atoms with van der Waals surface area (Å²) in [7, 11) is 0. The Morgan fingerprint density at radius 2 is 1.70 bits per heavy atom. The molecule has 7 nitrogen and oxygen atoms in total. The van der Waals surface area contributed by atoms with Crippen LogP contribution in [-0.2, 0) is 18.0 Å². The predicted molar refractivity (Wildman–Crippen MR) is 133 cm³/mol. The van der Waals surface area contributed by atoms with E-state index in [1.807, 2.05) is 36.4 Å². The van der Waals surface area contributed by atoms with Crippen LogP contribution in [0, 0.1) is 0 Å². The molecule has 0 spiro atoms. The van der Waals surface area contributed by atoms with E-state index >= 15 is 0 Å². The lowest BCUT2D eigenvalue weighted by Crippen LogP contribution is -2.17. The third-order valence-corrected chi connectivity index (χ3v) is 5.39. The Balaban J connectivity index is 1.40. The fraction of sp³-hybridized carbons (Fsp3) is 0.111. The van der Waals surface area contributed by atoms with Crippen molar-refractivity contribution in [3.8, 4) is 11.5 Å². The zero-order valence-corrected chi connectivity index (χ0v) is 19.3. The molecule has 0 atom stereocenters. The first-order chi connectivity index (χ1) is 17.7. The van der Waals surface area contributed by atoms with E-state index in [9.17, 15) is 23.1 Å². The first kappa shape index (κ1) is 25.5. The van der Waals surface area contributed by atoms with Crippen LogP contribution in [0.25, 0.3) is 10.8 Å². The number of hydrogen-bond donors (Lipinski definition) is 3. The molecule has 0 aliphatic carbocycles. The SMILES string of the molecule is Nc1cc(C(=O)N/N=C/c2cccc3c(COCc4ccc(OC(F)(F)F)cc4)cccc23)ccc1O. The lowest BCUT2D eigenvalue weighted by atomic mass is 10.0. The molecule has 0 radical (unpaired) electrons. The van der Waals surface area contributed by atoms with Crippen molar-refractivity contribution in [2.75, 3.05) is 5.73 Å². The van der Waals surface area contributed by atoms with E-state index in [1.54, 1.807) is 0 Å². The quantitative estimate of drug-likeness (QED) is 0.126. The lowest BCUT2D eigenvalue weighted by Gasteiger charge is -2.11. The molecule has 0 heterocycles. The smallest absolute Gasteiger partial charge is 0.506 e. The van der Waals surface area contributed by atoms with Crippen LogP contribution >= 0.6 is 0 Å². The fourth-order valence-corrected chi connectivity index (χ4v) is 3.62. The Kier molecular flexibility index (Phi) is 7.59. The second kappa shape index (κ2) is 11.0. The Morgan fingerprint density at radius 1 is 0.973 bits per heavy atom. The Morgan fingerprint density at radius 3 is 2.43 bits per heavy atom. The van der Waals surface area contributed by atoms with Gasteiger partial charge in [0.25, 0.3) is 5.91 Å². The number of anilines is 1. The number of nitrogens with zero attached hydrogens (tertiary/aromatic N) is 1. The number of alkyl halides is 3. The van der Waals surface area contributed by atoms with Crippen molar-refractivity contribution in [2.24, 2.45) is 5.10 Å². The number of phenolic OH excluding ortho intramolecular Hbond substituents is 1.